The second-order valence-corrected chi connectivity index (χ2v) is 4.08. The highest BCUT2D eigenvalue weighted by Crippen LogP contribution is 2.19. The van der Waals surface area contributed by atoms with Crippen molar-refractivity contribution in [2.24, 2.45) is 5.73 Å². The monoisotopic (exact) mass is 211 g/mol. The summed E-state index contributed by atoms with van der Waals surface area (Å²) in [6.45, 7) is 0.681. The quantitative estimate of drug-likeness (QED) is 0.682. The van der Waals surface area contributed by atoms with E-state index in [1.54, 1.807) is 7.11 Å². The Morgan fingerprint density at radius 2 is 2.40 bits per heavy atom. The van der Waals surface area contributed by atoms with E-state index in [-0.39, 0.29) is 11.8 Å². The maximum atomic E-state index is 11.9. The van der Waals surface area contributed by atoms with Gasteiger partial charge in [-0.1, -0.05) is 6.08 Å². The van der Waals surface area contributed by atoms with E-state index < -0.39 is 0 Å². The SMILES string of the molecule is COCCCC(N)C(=O)C1=CCCCC1. The van der Waals surface area contributed by atoms with Gasteiger partial charge in [0, 0.05) is 13.7 Å². The van der Waals surface area contributed by atoms with Crippen molar-refractivity contribution >= 4 is 5.78 Å². The topological polar surface area (TPSA) is 52.3 Å². The molecule has 3 heteroatoms. The highest BCUT2D eigenvalue weighted by atomic mass is 16.5. The van der Waals surface area contributed by atoms with Crippen molar-refractivity contribution in [1.82, 2.24) is 0 Å². The number of ether oxygens (including phenoxy) is 1. The second-order valence-electron chi connectivity index (χ2n) is 4.08. The summed E-state index contributed by atoms with van der Waals surface area (Å²) < 4.78 is 4.94. The molecule has 3 nitrogen and oxygen atoms in total. The molecule has 0 heterocycles. The molecule has 0 radical (unpaired) electrons. The van der Waals surface area contributed by atoms with E-state index in [4.69, 9.17) is 10.5 Å². The predicted octanol–water partition coefficient (Wildman–Crippen LogP) is 1.81. The lowest BCUT2D eigenvalue weighted by Gasteiger charge is -2.15. The maximum absolute atomic E-state index is 11.9. The van der Waals surface area contributed by atoms with Gasteiger partial charge in [0.1, 0.15) is 0 Å². The molecule has 1 rings (SSSR count). The zero-order valence-corrected chi connectivity index (χ0v) is 9.50. The number of carbonyl (C=O) groups excluding carboxylic acids is 1. The average Bonchev–Trinajstić information content (AvgIpc) is 2.29. The van der Waals surface area contributed by atoms with Crippen LogP contribution in [0.4, 0.5) is 0 Å². The van der Waals surface area contributed by atoms with Crippen LogP contribution in [0.1, 0.15) is 38.5 Å². The standard InChI is InChI=1S/C12H21NO2/c1-15-9-5-8-11(13)12(14)10-6-3-2-4-7-10/h6,11H,2-5,7-9,13H2,1H3. The summed E-state index contributed by atoms with van der Waals surface area (Å²) in [7, 11) is 1.66. The number of methoxy groups -OCH3 is 1. The van der Waals surface area contributed by atoms with Crippen molar-refractivity contribution < 1.29 is 9.53 Å². The summed E-state index contributed by atoms with van der Waals surface area (Å²) in [5.41, 5.74) is 6.79. The van der Waals surface area contributed by atoms with Crippen molar-refractivity contribution in [3.05, 3.63) is 11.6 Å². The van der Waals surface area contributed by atoms with E-state index in [0.717, 1.165) is 37.7 Å². The van der Waals surface area contributed by atoms with Crippen molar-refractivity contribution in [2.75, 3.05) is 13.7 Å². The van der Waals surface area contributed by atoms with Crippen LogP contribution >= 0.6 is 0 Å². The van der Waals surface area contributed by atoms with E-state index in [0.29, 0.717) is 6.61 Å². The number of carbonyl (C=O) groups is 1. The molecule has 0 saturated heterocycles. The minimum absolute atomic E-state index is 0.144. The zero-order valence-electron chi connectivity index (χ0n) is 9.50. The van der Waals surface area contributed by atoms with Gasteiger partial charge in [-0.15, -0.1) is 0 Å². The van der Waals surface area contributed by atoms with Gasteiger partial charge in [-0.3, -0.25) is 4.79 Å². The van der Waals surface area contributed by atoms with Gasteiger partial charge in [-0.25, -0.2) is 0 Å². The second kappa shape index (κ2) is 6.75. The van der Waals surface area contributed by atoms with Gasteiger partial charge < -0.3 is 10.5 Å². The molecular weight excluding hydrogens is 190 g/mol. The van der Waals surface area contributed by atoms with E-state index >= 15 is 0 Å². The molecule has 0 bridgehead atoms. The van der Waals surface area contributed by atoms with Crippen LogP contribution in [0.2, 0.25) is 0 Å². The fourth-order valence-corrected chi connectivity index (χ4v) is 1.88. The number of hydrogen-bond acceptors (Lipinski definition) is 3. The molecular formula is C12H21NO2. The number of rotatable bonds is 6. The van der Waals surface area contributed by atoms with E-state index in [2.05, 4.69) is 6.08 Å². The molecule has 0 aromatic rings. The summed E-state index contributed by atoms with van der Waals surface area (Å²) in [4.78, 5) is 11.9. The molecule has 1 aliphatic rings. The lowest BCUT2D eigenvalue weighted by atomic mass is 9.92. The molecule has 2 N–H and O–H groups in total. The first-order valence-electron chi connectivity index (χ1n) is 5.73. The Balaban J connectivity index is 2.34. The Hall–Kier alpha value is -0.670. The number of hydrogen-bond donors (Lipinski definition) is 1. The lowest BCUT2D eigenvalue weighted by Crippen LogP contribution is -2.32. The van der Waals surface area contributed by atoms with Crippen LogP contribution in [0.15, 0.2) is 11.6 Å². The van der Waals surface area contributed by atoms with Gasteiger partial charge in [-0.05, 0) is 44.1 Å². The molecule has 1 atom stereocenters. The van der Waals surface area contributed by atoms with Crippen LogP contribution in [0.5, 0.6) is 0 Å². The summed E-state index contributed by atoms with van der Waals surface area (Å²) in [5.74, 6) is 0.144. The first-order chi connectivity index (χ1) is 7.25. The molecule has 0 fully saturated rings. The summed E-state index contributed by atoms with van der Waals surface area (Å²) in [6.07, 6.45) is 7.92. The minimum Gasteiger partial charge on any atom is -0.385 e. The molecule has 1 aliphatic carbocycles. The Morgan fingerprint density at radius 1 is 1.60 bits per heavy atom. The van der Waals surface area contributed by atoms with Gasteiger partial charge in [0.15, 0.2) is 5.78 Å². The van der Waals surface area contributed by atoms with E-state index in [9.17, 15) is 4.79 Å². The van der Waals surface area contributed by atoms with Crippen LogP contribution < -0.4 is 5.73 Å². The molecule has 0 spiro atoms. The molecule has 0 saturated carbocycles. The van der Waals surface area contributed by atoms with Gasteiger partial charge >= 0.3 is 0 Å². The van der Waals surface area contributed by atoms with Crippen molar-refractivity contribution in [1.29, 1.82) is 0 Å². The largest absolute Gasteiger partial charge is 0.385 e. The first-order valence-corrected chi connectivity index (χ1v) is 5.73. The average molecular weight is 211 g/mol. The number of Topliss-reactive ketones (excluding diaryl/α,β-unsaturated/α-hetero) is 1. The molecule has 0 amide bonds. The van der Waals surface area contributed by atoms with Crippen molar-refractivity contribution in [3.8, 4) is 0 Å². The van der Waals surface area contributed by atoms with Gasteiger partial charge in [0.05, 0.1) is 6.04 Å². The predicted molar refractivity (Wildman–Crippen MR) is 60.6 cm³/mol. The van der Waals surface area contributed by atoms with Crippen molar-refractivity contribution in [2.45, 2.75) is 44.6 Å². The Bertz CT molecular complexity index is 236. The van der Waals surface area contributed by atoms with E-state index in [1.165, 1.54) is 6.42 Å². The maximum Gasteiger partial charge on any atom is 0.175 e. The summed E-state index contributed by atoms with van der Waals surface area (Å²) in [5, 5.41) is 0. The first kappa shape index (κ1) is 12.4. The third-order valence-electron chi connectivity index (χ3n) is 2.81. The number of allylic oxidation sites excluding steroid dienone is 1. The van der Waals surface area contributed by atoms with Crippen LogP contribution in [0, 0.1) is 0 Å². The van der Waals surface area contributed by atoms with E-state index in [1.807, 2.05) is 0 Å². The minimum atomic E-state index is -0.329. The van der Waals surface area contributed by atoms with Crippen LogP contribution in [0.3, 0.4) is 0 Å². The van der Waals surface area contributed by atoms with Gasteiger partial charge in [0.25, 0.3) is 0 Å². The number of ketones is 1. The third-order valence-corrected chi connectivity index (χ3v) is 2.81. The Labute approximate surface area is 91.7 Å². The summed E-state index contributed by atoms with van der Waals surface area (Å²) in [6, 6.07) is -0.329. The van der Waals surface area contributed by atoms with Crippen LogP contribution in [0.25, 0.3) is 0 Å². The molecule has 0 aromatic carbocycles. The van der Waals surface area contributed by atoms with Gasteiger partial charge in [-0.2, -0.15) is 0 Å². The molecule has 86 valence electrons. The molecule has 1 unspecified atom stereocenters. The fraction of sp³-hybridized carbons (Fsp3) is 0.750. The third kappa shape index (κ3) is 4.14. The highest BCUT2D eigenvalue weighted by molar-refractivity contribution is 5.99. The smallest absolute Gasteiger partial charge is 0.175 e. The van der Waals surface area contributed by atoms with Gasteiger partial charge in [0.2, 0.25) is 0 Å². The molecule has 15 heavy (non-hydrogen) atoms. The van der Waals surface area contributed by atoms with Crippen LogP contribution in [-0.2, 0) is 9.53 Å². The molecule has 0 aliphatic heterocycles. The normalized spacial score (nSPS) is 18.4. The lowest BCUT2D eigenvalue weighted by molar-refractivity contribution is -0.117. The van der Waals surface area contributed by atoms with Crippen molar-refractivity contribution in [3.63, 3.8) is 0 Å². The Kier molecular flexibility index (Phi) is 5.58. The Morgan fingerprint density at radius 3 is 3.00 bits per heavy atom. The fourth-order valence-electron chi connectivity index (χ4n) is 1.88. The van der Waals surface area contributed by atoms with Crippen LogP contribution in [-0.4, -0.2) is 25.5 Å². The zero-order chi connectivity index (χ0) is 11.1. The molecule has 0 aromatic heterocycles. The number of nitrogens with two attached hydrogens (primary N) is 1. The highest BCUT2D eigenvalue weighted by Gasteiger charge is 2.18. The summed E-state index contributed by atoms with van der Waals surface area (Å²) >= 11 is 0.